The number of hydrogen-bond acceptors (Lipinski definition) is 4. The van der Waals surface area contributed by atoms with Gasteiger partial charge in [0, 0.05) is 5.56 Å². The maximum Gasteiger partial charge on any atom is 0.157 e. The molecule has 0 atom stereocenters. The molecule has 1 N–H and O–H groups in total. The molecule has 19 heavy (non-hydrogen) atoms. The first-order valence-electron chi connectivity index (χ1n) is 5.86. The standard InChI is InChI=1S/C15H14N2O2/c1-12(16-18)15(13-8-4-2-5-9-13)17-19-14-10-6-3-7-11-14/h2-11,18H,1H3. The van der Waals surface area contributed by atoms with Gasteiger partial charge in [-0.3, -0.25) is 0 Å². The van der Waals surface area contributed by atoms with Crippen molar-refractivity contribution in [2.75, 3.05) is 0 Å². The highest BCUT2D eigenvalue weighted by molar-refractivity contribution is 6.47. The Labute approximate surface area is 111 Å². The molecule has 4 heteroatoms. The van der Waals surface area contributed by atoms with Crippen molar-refractivity contribution in [1.29, 1.82) is 0 Å². The summed E-state index contributed by atoms with van der Waals surface area (Å²) in [4.78, 5) is 5.34. The predicted molar refractivity (Wildman–Crippen MR) is 74.9 cm³/mol. The van der Waals surface area contributed by atoms with Crippen LogP contribution in [-0.2, 0) is 0 Å². The Morgan fingerprint density at radius 2 is 1.53 bits per heavy atom. The molecule has 0 bridgehead atoms. The van der Waals surface area contributed by atoms with E-state index in [1.54, 1.807) is 19.1 Å². The number of oxime groups is 2. The summed E-state index contributed by atoms with van der Waals surface area (Å²) in [5.41, 5.74) is 1.71. The number of nitrogens with zero attached hydrogens (tertiary/aromatic N) is 2. The highest BCUT2D eigenvalue weighted by Crippen LogP contribution is 2.10. The molecular weight excluding hydrogens is 240 g/mol. The van der Waals surface area contributed by atoms with E-state index in [1.165, 1.54) is 0 Å². The van der Waals surface area contributed by atoms with Gasteiger partial charge in [0.05, 0.1) is 0 Å². The summed E-state index contributed by atoms with van der Waals surface area (Å²) in [5, 5.41) is 16.2. The van der Waals surface area contributed by atoms with Gasteiger partial charge in [-0.05, 0) is 19.1 Å². The molecular formula is C15H14N2O2. The van der Waals surface area contributed by atoms with Gasteiger partial charge in [-0.1, -0.05) is 58.8 Å². The fourth-order valence-electron chi connectivity index (χ4n) is 1.55. The summed E-state index contributed by atoms with van der Waals surface area (Å²) in [6.45, 7) is 1.67. The molecule has 0 amide bonds. The van der Waals surface area contributed by atoms with Crippen LogP contribution in [-0.4, -0.2) is 16.6 Å². The maximum absolute atomic E-state index is 8.92. The zero-order chi connectivity index (χ0) is 13.5. The predicted octanol–water partition coefficient (Wildman–Crippen LogP) is 3.32. The highest BCUT2D eigenvalue weighted by Gasteiger charge is 2.08. The lowest BCUT2D eigenvalue weighted by Gasteiger charge is -2.05. The van der Waals surface area contributed by atoms with Crippen LogP contribution in [0.3, 0.4) is 0 Å². The topological polar surface area (TPSA) is 54.2 Å². The summed E-state index contributed by atoms with van der Waals surface area (Å²) >= 11 is 0. The lowest BCUT2D eigenvalue weighted by molar-refractivity contribution is 0.318. The van der Waals surface area contributed by atoms with E-state index in [2.05, 4.69) is 10.3 Å². The molecule has 0 aliphatic heterocycles. The van der Waals surface area contributed by atoms with E-state index in [0.717, 1.165) is 5.56 Å². The maximum atomic E-state index is 8.92. The Kier molecular flexibility index (Phi) is 4.29. The van der Waals surface area contributed by atoms with Crippen molar-refractivity contribution in [2.24, 2.45) is 10.3 Å². The van der Waals surface area contributed by atoms with Crippen molar-refractivity contribution in [3.05, 3.63) is 66.2 Å². The summed E-state index contributed by atoms with van der Waals surface area (Å²) in [6.07, 6.45) is 0. The average Bonchev–Trinajstić information content (AvgIpc) is 2.49. The monoisotopic (exact) mass is 254 g/mol. The van der Waals surface area contributed by atoms with Gasteiger partial charge in [0.2, 0.25) is 0 Å². The second-order valence-corrected chi connectivity index (χ2v) is 3.90. The Hall–Kier alpha value is -2.62. The first kappa shape index (κ1) is 12.8. The number of para-hydroxylation sites is 1. The van der Waals surface area contributed by atoms with Gasteiger partial charge >= 0.3 is 0 Å². The van der Waals surface area contributed by atoms with Crippen LogP contribution < -0.4 is 4.84 Å². The zero-order valence-electron chi connectivity index (χ0n) is 10.5. The first-order chi connectivity index (χ1) is 9.31. The second kappa shape index (κ2) is 6.35. The summed E-state index contributed by atoms with van der Waals surface area (Å²) < 4.78 is 0. The van der Waals surface area contributed by atoms with E-state index >= 15 is 0 Å². The molecule has 0 aromatic heterocycles. The Morgan fingerprint density at radius 3 is 2.11 bits per heavy atom. The molecule has 0 fully saturated rings. The third-order valence-corrected chi connectivity index (χ3v) is 2.53. The normalized spacial score (nSPS) is 12.3. The largest absolute Gasteiger partial charge is 0.411 e. The van der Waals surface area contributed by atoms with E-state index in [9.17, 15) is 0 Å². The van der Waals surface area contributed by atoms with Crippen LogP contribution in [0.5, 0.6) is 5.75 Å². The second-order valence-electron chi connectivity index (χ2n) is 3.90. The van der Waals surface area contributed by atoms with Gasteiger partial charge < -0.3 is 10.0 Å². The summed E-state index contributed by atoms with van der Waals surface area (Å²) in [5.74, 6) is 0.627. The van der Waals surface area contributed by atoms with Crippen molar-refractivity contribution >= 4 is 11.4 Å². The quantitative estimate of drug-likeness (QED) is 0.517. The van der Waals surface area contributed by atoms with Crippen molar-refractivity contribution < 1.29 is 10.0 Å². The molecule has 96 valence electrons. The molecule has 0 spiro atoms. The van der Waals surface area contributed by atoms with Crippen molar-refractivity contribution in [1.82, 2.24) is 0 Å². The molecule has 2 aromatic carbocycles. The van der Waals surface area contributed by atoms with Gasteiger partial charge in [-0.25, -0.2) is 0 Å². The highest BCUT2D eigenvalue weighted by atomic mass is 16.6. The minimum Gasteiger partial charge on any atom is -0.411 e. The van der Waals surface area contributed by atoms with E-state index in [1.807, 2.05) is 48.5 Å². The first-order valence-corrected chi connectivity index (χ1v) is 5.86. The van der Waals surface area contributed by atoms with Crippen LogP contribution in [0.15, 0.2) is 71.0 Å². The van der Waals surface area contributed by atoms with Crippen LogP contribution in [0.4, 0.5) is 0 Å². The van der Waals surface area contributed by atoms with Gasteiger partial charge in [0.15, 0.2) is 5.75 Å². The lowest BCUT2D eigenvalue weighted by atomic mass is 10.1. The SMILES string of the molecule is CC(=NO)C(=NOc1ccccc1)c1ccccc1. The van der Waals surface area contributed by atoms with Gasteiger partial charge in [-0.2, -0.15) is 0 Å². The van der Waals surface area contributed by atoms with Crippen LogP contribution in [0.1, 0.15) is 12.5 Å². The Balaban J connectivity index is 2.29. The molecule has 0 unspecified atom stereocenters. The van der Waals surface area contributed by atoms with Gasteiger partial charge in [0.25, 0.3) is 0 Å². The van der Waals surface area contributed by atoms with Crippen molar-refractivity contribution in [3.8, 4) is 5.75 Å². The molecule has 0 radical (unpaired) electrons. The summed E-state index contributed by atoms with van der Waals surface area (Å²) in [6, 6.07) is 18.7. The Morgan fingerprint density at radius 1 is 0.947 bits per heavy atom. The number of rotatable bonds is 4. The Bertz CT molecular complexity index is 578. The molecule has 2 rings (SSSR count). The fourth-order valence-corrected chi connectivity index (χ4v) is 1.55. The minimum atomic E-state index is 0.391. The van der Waals surface area contributed by atoms with Crippen LogP contribution in [0, 0.1) is 0 Å². The molecule has 0 saturated carbocycles. The zero-order valence-corrected chi connectivity index (χ0v) is 10.5. The molecule has 0 aliphatic rings. The summed E-state index contributed by atoms with van der Waals surface area (Å²) in [7, 11) is 0. The van der Waals surface area contributed by atoms with Crippen LogP contribution in [0.25, 0.3) is 0 Å². The molecule has 0 saturated heterocycles. The molecule has 4 nitrogen and oxygen atoms in total. The van der Waals surface area contributed by atoms with E-state index in [-0.39, 0.29) is 0 Å². The molecule has 2 aromatic rings. The third kappa shape index (κ3) is 3.42. The smallest absolute Gasteiger partial charge is 0.157 e. The van der Waals surface area contributed by atoms with Crippen molar-refractivity contribution in [2.45, 2.75) is 6.92 Å². The van der Waals surface area contributed by atoms with Crippen molar-refractivity contribution in [3.63, 3.8) is 0 Å². The third-order valence-electron chi connectivity index (χ3n) is 2.53. The van der Waals surface area contributed by atoms with Crippen LogP contribution in [0.2, 0.25) is 0 Å². The molecule has 0 heterocycles. The minimum absolute atomic E-state index is 0.391. The van der Waals surface area contributed by atoms with Crippen LogP contribution >= 0.6 is 0 Å². The number of hydrogen-bond donors (Lipinski definition) is 1. The lowest BCUT2D eigenvalue weighted by Crippen LogP contribution is -2.13. The van der Waals surface area contributed by atoms with E-state index in [0.29, 0.717) is 17.2 Å². The molecule has 0 aliphatic carbocycles. The van der Waals surface area contributed by atoms with Gasteiger partial charge in [0.1, 0.15) is 11.4 Å². The average molecular weight is 254 g/mol. The van der Waals surface area contributed by atoms with E-state index in [4.69, 9.17) is 10.0 Å². The fraction of sp³-hybridized carbons (Fsp3) is 0.0667. The number of benzene rings is 2. The van der Waals surface area contributed by atoms with E-state index < -0.39 is 0 Å². The van der Waals surface area contributed by atoms with Gasteiger partial charge in [-0.15, -0.1) is 0 Å².